The Labute approximate surface area is 135 Å². The topological polar surface area (TPSA) is 40.2 Å². The number of rotatable bonds is 11. The Balaban J connectivity index is 2.50. The summed E-state index contributed by atoms with van der Waals surface area (Å²) in [5.41, 5.74) is 1.19. The zero-order valence-corrected chi connectivity index (χ0v) is 15.4. The van der Waals surface area contributed by atoms with Gasteiger partial charge in [-0.3, -0.25) is 0 Å². The number of nitrogens with zero attached hydrogens (tertiary/aromatic N) is 1. The smallest absolute Gasteiger partial charge is 0.494 e. The fraction of sp³-hybridized carbons (Fsp3) is 0.625. The van der Waals surface area contributed by atoms with Gasteiger partial charge in [-0.05, 0) is 32.4 Å². The highest BCUT2D eigenvalue weighted by Gasteiger charge is 2.36. The lowest BCUT2D eigenvalue weighted by molar-refractivity contribution is 0.121. The second kappa shape index (κ2) is 9.84. The standard InChI is InChI=1S/C16H29NO4Si/c1-6-17(7-2)15-10-8-11-16(14-15)21-12-9-13-22(18-3,19-4)20-5/h8,10-11,14H,6-7,9,12-13H2,1-5H3. The molecule has 0 bridgehead atoms. The van der Waals surface area contributed by atoms with E-state index in [0.717, 1.165) is 31.3 Å². The van der Waals surface area contributed by atoms with Crippen LogP contribution in [-0.2, 0) is 13.3 Å². The lowest BCUT2D eigenvalue weighted by Gasteiger charge is -2.24. The summed E-state index contributed by atoms with van der Waals surface area (Å²) in [5.74, 6) is 0.893. The van der Waals surface area contributed by atoms with Crippen molar-refractivity contribution in [3.8, 4) is 5.75 Å². The van der Waals surface area contributed by atoms with Gasteiger partial charge >= 0.3 is 8.80 Å². The van der Waals surface area contributed by atoms with Crippen LogP contribution in [0.1, 0.15) is 20.3 Å². The van der Waals surface area contributed by atoms with Gasteiger partial charge in [-0.1, -0.05) is 6.07 Å². The predicted molar refractivity (Wildman–Crippen MR) is 91.7 cm³/mol. The van der Waals surface area contributed by atoms with Crippen molar-refractivity contribution >= 4 is 14.5 Å². The van der Waals surface area contributed by atoms with E-state index in [1.54, 1.807) is 21.3 Å². The molecule has 6 heteroatoms. The molecular formula is C16H29NO4Si. The highest BCUT2D eigenvalue weighted by Crippen LogP contribution is 2.22. The van der Waals surface area contributed by atoms with Crippen LogP contribution in [0.4, 0.5) is 5.69 Å². The first-order valence-corrected chi connectivity index (χ1v) is 9.71. The van der Waals surface area contributed by atoms with Crippen LogP contribution >= 0.6 is 0 Å². The summed E-state index contributed by atoms with van der Waals surface area (Å²) in [4.78, 5) is 2.30. The molecule has 0 unspecified atom stereocenters. The van der Waals surface area contributed by atoms with E-state index in [4.69, 9.17) is 18.0 Å². The number of hydrogen-bond acceptors (Lipinski definition) is 5. The molecule has 0 spiro atoms. The molecule has 1 rings (SSSR count). The first-order valence-electron chi connectivity index (χ1n) is 7.78. The van der Waals surface area contributed by atoms with Gasteiger partial charge < -0.3 is 22.9 Å². The maximum absolute atomic E-state index is 5.84. The van der Waals surface area contributed by atoms with Crippen LogP contribution in [-0.4, -0.2) is 49.8 Å². The summed E-state index contributed by atoms with van der Waals surface area (Å²) >= 11 is 0. The maximum Gasteiger partial charge on any atom is 0.500 e. The van der Waals surface area contributed by atoms with Crippen molar-refractivity contribution in [1.82, 2.24) is 0 Å². The van der Waals surface area contributed by atoms with E-state index in [9.17, 15) is 0 Å². The molecule has 0 saturated heterocycles. The lowest BCUT2D eigenvalue weighted by Crippen LogP contribution is -2.42. The highest BCUT2D eigenvalue weighted by molar-refractivity contribution is 6.60. The average Bonchev–Trinajstić information content (AvgIpc) is 2.57. The van der Waals surface area contributed by atoms with Gasteiger partial charge in [0.25, 0.3) is 0 Å². The summed E-state index contributed by atoms with van der Waals surface area (Å²) in [6.45, 7) is 6.91. The van der Waals surface area contributed by atoms with E-state index in [1.807, 2.05) is 12.1 Å². The van der Waals surface area contributed by atoms with Crippen molar-refractivity contribution in [1.29, 1.82) is 0 Å². The van der Waals surface area contributed by atoms with Crippen LogP contribution in [0, 0.1) is 0 Å². The third-order valence-electron chi connectivity index (χ3n) is 3.78. The van der Waals surface area contributed by atoms with Gasteiger partial charge in [0.1, 0.15) is 5.75 Å². The summed E-state index contributed by atoms with van der Waals surface area (Å²) < 4.78 is 22.0. The first kappa shape index (κ1) is 19.0. The molecular weight excluding hydrogens is 298 g/mol. The van der Waals surface area contributed by atoms with E-state index in [1.165, 1.54) is 5.69 Å². The minimum atomic E-state index is -2.48. The van der Waals surface area contributed by atoms with Crippen molar-refractivity contribution in [3.63, 3.8) is 0 Å². The van der Waals surface area contributed by atoms with Gasteiger partial charge in [-0.25, -0.2) is 0 Å². The Hall–Kier alpha value is -1.08. The molecule has 0 aliphatic heterocycles. The van der Waals surface area contributed by atoms with Gasteiger partial charge in [-0.15, -0.1) is 0 Å². The van der Waals surface area contributed by atoms with Crippen LogP contribution in [0.3, 0.4) is 0 Å². The molecule has 0 aliphatic carbocycles. The zero-order chi connectivity index (χ0) is 16.4. The number of benzene rings is 1. The van der Waals surface area contributed by atoms with E-state index in [-0.39, 0.29) is 0 Å². The molecule has 1 aromatic carbocycles. The molecule has 0 aliphatic rings. The summed E-state index contributed by atoms with van der Waals surface area (Å²) in [6, 6.07) is 8.95. The van der Waals surface area contributed by atoms with Crippen molar-refractivity contribution < 1.29 is 18.0 Å². The van der Waals surface area contributed by atoms with Gasteiger partial charge in [0, 0.05) is 52.2 Å². The van der Waals surface area contributed by atoms with E-state index >= 15 is 0 Å². The molecule has 0 heterocycles. The molecule has 0 radical (unpaired) electrons. The van der Waals surface area contributed by atoms with Gasteiger partial charge in [-0.2, -0.15) is 0 Å². The monoisotopic (exact) mass is 327 g/mol. The maximum atomic E-state index is 5.84. The average molecular weight is 327 g/mol. The number of ether oxygens (including phenoxy) is 1. The molecule has 0 atom stereocenters. The molecule has 22 heavy (non-hydrogen) atoms. The molecule has 5 nitrogen and oxygen atoms in total. The molecule has 0 aromatic heterocycles. The lowest BCUT2D eigenvalue weighted by atomic mass is 10.2. The minimum Gasteiger partial charge on any atom is -0.494 e. The van der Waals surface area contributed by atoms with Gasteiger partial charge in [0.2, 0.25) is 0 Å². The zero-order valence-electron chi connectivity index (χ0n) is 14.4. The van der Waals surface area contributed by atoms with Crippen LogP contribution in [0.15, 0.2) is 24.3 Å². The third kappa shape index (κ3) is 5.28. The third-order valence-corrected chi connectivity index (χ3v) is 6.61. The van der Waals surface area contributed by atoms with Crippen LogP contribution < -0.4 is 9.64 Å². The molecule has 1 aromatic rings. The van der Waals surface area contributed by atoms with Crippen molar-refractivity contribution in [2.24, 2.45) is 0 Å². The van der Waals surface area contributed by atoms with Crippen LogP contribution in [0.2, 0.25) is 6.04 Å². The first-order chi connectivity index (χ1) is 10.6. The molecule has 126 valence electrons. The molecule has 0 fully saturated rings. The number of anilines is 1. The Bertz CT molecular complexity index is 414. The van der Waals surface area contributed by atoms with Crippen molar-refractivity contribution in [2.45, 2.75) is 26.3 Å². The van der Waals surface area contributed by atoms with E-state index < -0.39 is 8.80 Å². The summed E-state index contributed by atoms with van der Waals surface area (Å²) in [5, 5.41) is 0. The quantitative estimate of drug-likeness (QED) is 0.461. The fourth-order valence-electron chi connectivity index (χ4n) is 2.39. The Morgan fingerprint density at radius 1 is 1.00 bits per heavy atom. The highest BCUT2D eigenvalue weighted by atomic mass is 28.4. The fourth-order valence-corrected chi connectivity index (χ4v) is 4.08. The van der Waals surface area contributed by atoms with E-state index in [2.05, 4.69) is 30.9 Å². The summed E-state index contributed by atoms with van der Waals surface area (Å²) in [6.07, 6.45) is 0.831. The molecule has 0 N–H and O–H groups in total. The molecule has 0 amide bonds. The van der Waals surface area contributed by atoms with Gasteiger partial charge in [0.15, 0.2) is 0 Å². The number of hydrogen-bond donors (Lipinski definition) is 0. The largest absolute Gasteiger partial charge is 0.500 e. The van der Waals surface area contributed by atoms with E-state index in [0.29, 0.717) is 6.61 Å². The van der Waals surface area contributed by atoms with Gasteiger partial charge in [0.05, 0.1) is 6.61 Å². The second-order valence-electron chi connectivity index (χ2n) is 4.92. The van der Waals surface area contributed by atoms with Crippen molar-refractivity contribution in [3.05, 3.63) is 24.3 Å². The summed E-state index contributed by atoms with van der Waals surface area (Å²) in [7, 11) is 2.41. The Kier molecular flexibility index (Phi) is 8.48. The second-order valence-corrected chi connectivity index (χ2v) is 8.01. The Morgan fingerprint density at radius 3 is 2.18 bits per heavy atom. The van der Waals surface area contributed by atoms with Crippen LogP contribution in [0.25, 0.3) is 0 Å². The van der Waals surface area contributed by atoms with Crippen molar-refractivity contribution in [2.75, 3.05) is 45.9 Å². The Morgan fingerprint density at radius 2 is 1.64 bits per heavy atom. The SMILES string of the molecule is CCN(CC)c1cccc(OCCC[Si](OC)(OC)OC)c1. The minimum absolute atomic E-state index is 0.618. The normalized spacial score (nSPS) is 11.5. The van der Waals surface area contributed by atoms with Crippen LogP contribution in [0.5, 0.6) is 5.75 Å². The molecule has 0 saturated carbocycles. The predicted octanol–water partition coefficient (Wildman–Crippen LogP) is 3.18.